The predicted molar refractivity (Wildman–Crippen MR) is 63.8 cm³/mol. The number of fused-ring (bicyclic) bond motifs is 1. The van der Waals surface area contributed by atoms with E-state index in [4.69, 9.17) is 5.11 Å². The zero-order chi connectivity index (χ0) is 12.4. The molecule has 0 aromatic heterocycles. The molecule has 3 heteroatoms. The molecule has 1 aromatic rings. The van der Waals surface area contributed by atoms with Crippen molar-refractivity contribution in [2.24, 2.45) is 11.8 Å². The maximum absolute atomic E-state index is 11.2. The fourth-order valence-corrected chi connectivity index (χ4v) is 2.54. The normalized spacial score (nSPS) is 16.5. The molecular weight excluding hydrogens is 216 g/mol. The Hall–Kier alpha value is -1.64. The number of hydrogen-bond acceptors (Lipinski definition) is 2. The van der Waals surface area contributed by atoms with Crippen LogP contribution >= 0.6 is 0 Å². The van der Waals surface area contributed by atoms with Crippen LogP contribution in [0.1, 0.15) is 24.5 Å². The first kappa shape index (κ1) is 11.8. The standard InChI is InChI=1S/C14H16O3/c1-9(6-13(15)14(16)17)12-7-10-4-2-3-5-11(10)8-12/h2-5,9,12H,6-8H2,1H3,(H,16,17). The van der Waals surface area contributed by atoms with Gasteiger partial charge in [-0.3, -0.25) is 4.79 Å². The molecule has 1 aliphatic rings. The highest BCUT2D eigenvalue weighted by Gasteiger charge is 2.28. The van der Waals surface area contributed by atoms with E-state index in [1.807, 2.05) is 19.1 Å². The van der Waals surface area contributed by atoms with Crippen molar-refractivity contribution >= 4 is 11.8 Å². The second-order valence-electron chi connectivity index (χ2n) is 4.85. The Bertz CT molecular complexity index is 426. The van der Waals surface area contributed by atoms with Crippen LogP contribution in [0.15, 0.2) is 24.3 Å². The van der Waals surface area contributed by atoms with Crippen molar-refractivity contribution in [3.05, 3.63) is 35.4 Å². The van der Waals surface area contributed by atoms with Gasteiger partial charge in [0.15, 0.2) is 0 Å². The molecule has 0 spiro atoms. The van der Waals surface area contributed by atoms with Crippen LogP contribution in [0.3, 0.4) is 0 Å². The van der Waals surface area contributed by atoms with Crippen LogP contribution < -0.4 is 0 Å². The van der Waals surface area contributed by atoms with Crippen LogP contribution in [0.25, 0.3) is 0 Å². The molecule has 2 rings (SSSR count). The number of Topliss-reactive ketones (excluding diaryl/α,β-unsaturated/α-hetero) is 1. The monoisotopic (exact) mass is 232 g/mol. The van der Waals surface area contributed by atoms with E-state index in [9.17, 15) is 9.59 Å². The zero-order valence-corrected chi connectivity index (χ0v) is 9.85. The number of carboxylic acid groups (broad SMARTS) is 1. The summed E-state index contributed by atoms with van der Waals surface area (Å²) in [4.78, 5) is 21.7. The number of rotatable bonds is 4. The van der Waals surface area contributed by atoms with Crippen molar-refractivity contribution in [2.45, 2.75) is 26.2 Å². The van der Waals surface area contributed by atoms with Gasteiger partial charge in [0.05, 0.1) is 0 Å². The molecule has 0 fully saturated rings. The van der Waals surface area contributed by atoms with Crippen molar-refractivity contribution in [2.75, 3.05) is 0 Å². The van der Waals surface area contributed by atoms with Crippen molar-refractivity contribution in [1.29, 1.82) is 0 Å². The largest absolute Gasteiger partial charge is 0.476 e. The quantitative estimate of drug-likeness (QED) is 0.809. The SMILES string of the molecule is CC(CC(=O)C(=O)O)C1Cc2ccccc2C1. The summed E-state index contributed by atoms with van der Waals surface area (Å²) in [5, 5.41) is 8.60. The molecule has 1 atom stereocenters. The fourth-order valence-electron chi connectivity index (χ4n) is 2.54. The van der Waals surface area contributed by atoms with Crippen molar-refractivity contribution < 1.29 is 14.7 Å². The van der Waals surface area contributed by atoms with Crippen LogP contribution in [0, 0.1) is 11.8 Å². The predicted octanol–water partition coefficient (Wildman–Crippen LogP) is 2.08. The minimum atomic E-state index is -1.31. The van der Waals surface area contributed by atoms with Crippen molar-refractivity contribution in [3.63, 3.8) is 0 Å². The highest BCUT2D eigenvalue weighted by Crippen LogP contribution is 2.32. The maximum atomic E-state index is 11.2. The Morgan fingerprint density at radius 3 is 2.29 bits per heavy atom. The molecule has 0 bridgehead atoms. The van der Waals surface area contributed by atoms with E-state index in [1.54, 1.807) is 0 Å². The minimum absolute atomic E-state index is 0.131. The first-order valence-electron chi connectivity index (χ1n) is 5.91. The van der Waals surface area contributed by atoms with E-state index in [2.05, 4.69) is 12.1 Å². The van der Waals surface area contributed by atoms with Crippen molar-refractivity contribution in [3.8, 4) is 0 Å². The van der Waals surface area contributed by atoms with Gasteiger partial charge >= 0.3 is 5.97 Å². The summed E-state index contributed by atoms with van der Waals surface area (Å²) in [6.45, 7) is 1.97. The van der Waals surface area contributed by atoms with Gasteiger partial charge in [-0.25, -0.2) is 4.79 Å². The van der Waals surface area contributed by atoms with Crippen LogP contribution in [0.2, 0.25) is 0 Å². The van der Waals surface area contributed by atoms with Crippen LogP contribution in [-0.2, 0) is 22.4 Å². The molecular formula is C14H16O3. The van der Waals surface area contributed by atoms with E-state index in [-0.39, 0.29) is 12.3 Å². The second-order valence-corrected chi connectivity index (χ2v) is 4.85. The number of carbonyl (C=O) groups excluding carboxylic acids is 1. The molecule has 0 amide bonds. The molecule has 0 aliphatic heterocycles. The topological polar surface area (TPSA) is 54.4 Å². The Morgan fingerprint density at radius 1 is 1.29 bits per heavy atom. The van der Waals surface area contributed by atoms with Crippen LogP contribution in [-0.4, -0.2) is 16.9 Å². The lowest BCUT2D eigenvalue weighted by atomic mass is 9.87. The third kappa shape index (κ3) is 2.54. The first-order valence-corrected chi connectivity index (χ1v) is 5.91. The lowest BCUT2D eigenvalue weighted by molar-refractivity contribution is -0.149. The fraction of sp³-hybridized carbons (Fsp3) is 0.429. The minimum Gasteiger partial charge on any atom is -0.476 e. The summed E-state index contributed by atoms with van der Waals surface area (Å²) in [5.74, 6) is -1.46. The zero-order valence-electron chi connectivity index (χ0n) is 9.85. The third-order valence-electron chi connectivity index (χ3n) is 3.63. The molecule has 0 heterocycles. The van der Waals surface area contributed by atoms with Gasteiger partial charge < -0.3 is 5.11 Å². The molecule has 1 N–H and O–H groups in total. The number of benzene rings is 1. The van der Waals surface area contributed by atoms with Gasteiger partial charge in [0.2, 0.25) is 5.78 Å². The van der Waals surface area contributed by atoms with Crippen LogP contribution in [0.4, 0.5) is 0 Å². The van der Waals surface area contributed by atoms with Gasteiger partial charge in [0.25, 0.3) is 0 Å². The van der Waals surface area contributed by atoms with Gasteiger partial charge in [0.1, 0.15) is 0 Å². The summed E-state index contributed by atoms with van der Waals surface area (Å²) < 4.78 is 0. The molecule has 1 aliphatic carbocycles. The van der Waals surface area contributed by atoms with E-state index in [0.29, 0.717) is 5.92 Å². The molecule has 90 valence electrons. The second kappa shape index (κ2) is 4.70. The summed E-state index contributed by atoms with van der Waals surface area (Å²) in [7, 11) is 0. The maximum Gasteiger partial charge on any atom is 0.372 e. The van der Waals surface area contributed by atoms with Crippen LogP contribution in [0.5, 0.6) is 0 Å². The Kier molecular flexibility index (Phi) is 3.27. The number of carboxylic acids is 1. The highest BCUT2D eigenvalue weighted by molar-refractivity contribution is 6.32. The van der Waals surface area contributed by atoms with Crippen molar-refractivity contribution in [1.82, 2.24) is 0 Å². The Labute approximate surface area is 100 Å². The van der Waals surface area contributed by atoms with Gasteiger partial charge in [0, 0.05) is 6.42 Å². The van der Waals surface area contributed by atoms with Gasteiger partial charge in [-0.1, -0.05) is 31.2 Å². The molecule has 0 saturated carbocycles. The van der Waals surface area contributed by atoms with E-state index >= 15 is 0 Å². The molecule has 17 heavy (non-hydrogen) atoms. The van der Waals surface area contributed by atoms with E-state index < -0.39 is 11.8 Å². The summed E-state index contributed by atoms with van der Waals surface area (Å²) in [6.07, 6.45) is 2.07. The number of carbonyl (C=O) groups is 2. The lowest BCUT2D eigenvalue weighted by Gasteiger charge is -2.16. The van der Waals surface area contributed by atoms with Gasteiger partial charge in [-0.2, -0.15) is 0 Å². The molecule has 1 aromatic carbocycles. The lowest BCUT2D eigenvalue weighted by Crippen LogP contribution is -2.21. The van der Waals surface area contributed by atoms with Gasteiger partial charge in [-0.15, -0.1) is 0 Å². The average Bonchev–Trinajstić information content (AvgIpc) is 2.72. The van der Waals surface area contributed by atoms with Gasteiger partial charge in [-0.05, 0) is 35.8 Å². The molecule has 3 nitrogen and oxygen atoms in total. The summed E-state index contributed by atoms with van der Waals surface area (Å²) in [5.41, 5.74) is 2.68. The smallest absolute Gasteiger partial charge is 0.372 e. The molecule has 1 unspecified atom stereocenters. The molecule has 0 saturated heterocycles. The van der Waals surface area contributed by atoms with E-state index in [1.165, 1.54) is 11.1 Å². The number of hydrogen-bond donors (Lipinski definition) is 1. The first-order chi connectivity index (χ1) is 8.08. The van der Waals surface area contributed by atoms with E-state index in [0.717, 1.165) is 12.8 Å². The Balaban J connectivity index is 1.98. The average molecular weight is 232 g/mol. The Morgan fingerprint density at radius 2 is 1.82 bits per heavy atom. The number of ketones is 1. The third-order valence-corrected chi connectivity index (χ3v) is 3.63. The number of aliphatic carboxylic acids is 1. The molecule has 0 radical (unpaired) electrons. The summed E-state index contributed by atoms with van der Waals surface area (Å²) >= 11 is 0. The highest BCUT2D eigenvalue weighted by atomic mass is 16.4. The summed E-state index contributed by atoms with van der Waals surface area (Å²) in [6, 6.07) is 8.27.